The predicted molar refractivity (Wildman–Crippen MR) is 84.6 cm³/mol. The van der Waals surface area contributed by atoms with E-state index in [0.29, 0.717) is 25.3 Å². The van der Waals surface area contributed by atoms with Crippen LogP contribution in [0.5, 0.6) is 0 Å². The van der Waals surface area contributed by atoms with Crippen molar-refractivity contribution in [2.75, 3.05) is 19.7 Å². The van der Waals surface area contributed by atoms with Crippen molar-refractivity contribution in [3.8, 4) is 0 Å². The second-order valence-corrected chi connectivity index (χ2v) is 5.51. The molecule has 1 atom stereocenters. The van der Waals surface area contributed by atoms with Crippen LogP contribution in [0.2, 0.25) is 0 Å². The van der Waals surface area contributed by atoms with Crippen molar-refractivity contribution >= 4 is 5.91 Å². The Morgan fingerprint density at radius 3 is 2.86 bits per heavy atom. The zero-order chi connectivity index (χ0) is 15.2. The van der Waals surface area contributed by atoms with Crippen LogP contribution in [0.1, 0.15) is 22.3 Å². The number of aryl methyl sites for hydroxylation is 1. The number of amides is 1. The van der Waals surface area contributed by atoms with Gasteiger partial charge in [0.15, 0.2) is 0 Å². The fraction of sp³-hybridized carbons (Fsp3) is 0.333. The standard InChI is InChI=1S/C18H20N2O2/c21-18(16-7-4-10-19-13-16)20-11-12-22-17(14-20)9-8-15-5-2-1-3-6-15/h1-7,10,13,17H,8-9,11-12,14H2. The average molecular weight is 296 g/mol. The van der Waals surface area contributed by atoms with Crippen molar-refractivity contribution < 1.29 is 9.53 Å². The smallest absolute Gasteiger partial charge is 0.255 e. The number of nitrogens with zero attached hydrogens (tertiary/aromatic N) is 2. The van der Waals surface area contributed by atoms with E-state index in [2.05, 4.69) is 29.2 Å². The number of hydrogen-bond acceptors (Lipinski definition) is 3. The fourth-order valence-electron chi connectivity index (χ4n) is 2.72. The molecule has 0 aliphatic carbocycles. The first-order chi connectivity index (χ1) is 10.8. The molecule has 0 N–H and O–H groups in total. The summed E-state index contributed by atoms with van der Waals surface area (Å²) in [7, 11) is 0. The van der Waals surface area contributed by atoms with Crippen LogP contribution in [0.25, 0.3) is 0 Å². The Morgan fingerprint density at radius 1 is 1.23 bits per heavy atom. The molecule has 3 rings (SSSR count). The molecule has 1 aliphatic heterocycles. The van der Waals surface area contributed by atoms with Gasteiger partial charge < -0.3 is 9.64 Å². The third-order valence-corrected chi connectivity index (χ3v) is 3.93. The van der Waals surface area contributed by atoms with Crippen LogP contribution >= 0.6 is 0 Å². The number of carbonyl (C=O) groups is 1. The van der Waals surface area contributed by atoms with E-state index in [0.717, 1.165) is 12.8 Å². The molecule has 0 spiro atoms. The molecule has 1 fully saturated rings. The number of carbonyl (C=O) groups excluding carboxylic acids is 1. The summed E-state index contributed by atoms with van der Waals surface area (Å²) in [5.41, 5.74) is 1.95. The Balaban J connectivity index is 1.56. The summed E-state index contributed by atoms with van der Waals surface area (Å²) in [5.74, 6) is 0.0427. The van der Waals surface area contributed by atoms with Gasteiger partial charge in [0.25, 0.3) is 5.91 Å². The predicted octanol–water partition coefficient (Wildman–Crippen LogP) is 2.56. The highest BCUT2D eigenvalue weighted by Crippen LogP contribution is 2.14. The van der Waals surface area contributed by atoms with E-state index >= 15 is 0 Å². The summed E-state index contributed by atoms with van der Waals surface area (Å²) < 4.78 is 5.81. The number of hydrogen-bond donors (Lipinski definition) is 0. The van der Waals surface area contributed by atoms with E-state index in [1.54, 1.807) is 18.5 Å². The molecular weight excluding hydrogens is 276 g/mol. The molecular formula is C18H20N2O2. The van der Waals surface area contributed by atoms with E-state index in [1.807, 2.05) is 17.0 Å². The summed E-state index contributed by atoms with van der Waals surface area (Å²) in [4.78, 5) is 18.3. The summed E-state index contributed by atoms with van der Waals surface area (Å²) in [6.45, 7) is 1.90. The van der Waals surface area contributed by atoms with Gasteiger partial charge in [0.1, 0.15) is 0 Å². The summed E-state index contributed by atoms with van der Waals surface area (Å²) in [6.07, 6.45) is 5.31. The van der Waals surface area contributed by atoms with Crippen molar-refractivity contribution in [1.82, 2.24) is 9.88 Å². The maximum absolute atomic E-state index is 12.4. The van der Waals surface area contributed by atoms with Crippen LogP contribution in [0.3, 0.4) is 0 Å². The fourth-order valence-corrected chi connectivity index (χ4v) is 2.72. The number of pyridine rings is 1. The van der Waals surface area contributed by atoms with Gasteiger partial charge in [-0.1, -0.05) is 30.3 Å². The number of benzene rings is 1. The maximum Gasteiger partial charge on any atom is 0.255 e. The summed E-state index contributed by atoms with van der Waals surface area (Å²) >= 11 is 0. The molecule has 4 heteroatoms. The van der Waals surface area contributed by atoms with Gasteiger partial charge in [-0.15, -0.1) is 0 Å². The van der Waals surface area contributed by atoms with Crippen molar-refractivity contribution in [2.45, 2.75) is 18.9 Å². The number of ether oxygens (including phenoxy) is 1. The van der Waals surface area contributed by atoms with Crippen molar-refractivity contribution in [1.29, 1.82) is 0 Å². The lowest BCUT2D eigenvalue weighted by molar-refractivity contribution is -0.0246. The molecule has 1 aliphatic rings. The second kappa shape index (κ2) is 7.18. The Bertz CT molecular complexity index is 601. The van der Waals surface area contributed by atoms with Gasteiger partial charge in [0, 0.05) is 25.5 Å². The average Bonchev–Trinajstić information content (AvgIpc) is 2.61. The normalized spacial score (nSPS) is 18.2. The summed E-state index contributed by atoms with van der Waals surface area (Å²) in [6, 6.07) is 14.0. The lowest BCUT2D eigenvalue weighted by Gasteiger charge is -2.33. The minimum absolute atomic E-state index is 0.0427. The van der Waals surface area contributed by atoms with Gasteiger partial charge in [0.2, 0.25) is 0 Å². The molecule has 1 saturated heterocycles. The molecule has 1 amide bonds. The topological polar surface area (TPSA) is 42.4 Å². The number of morpholine rings is 1. The van der Waals surface area contributed by atoms with Crippen LogP contribution in [0.15, 0.2) is 54.9 Å². The second-order valence-electron chi connectivity index (χ2n) is 5.51. The minimum Gasteiger partial charge on any atom is -0.375 e. The van der Waals surface area contributed by atoms with Gasteiger partial charge in [-0.2, -0.15) is 0 Å². The molecule has 1 unspecified atom stereocenters. The van der Waals surface area contributed by atoms with Crippen LogP contribution in [0.4, 0.5) is 0 Å². The van der Waals surface area contributed by atoms with Crippen molar-refractivity contribution in [3.05, 3.63) is 66.0 Å². The van der Waals surface area contributed by atoms with Crippen molar-refractivity contribution in [3.63, 3.8) is 0 Å². The third-order valence-electron chi connectivity index (χ3n) is 3.93. The number of aromatic nitrogens is 1. The third kappa shape index (κ3) is 3.71. The highest BCUT2D eigenvalue weighted by Gasteiger charge is 2.24. The van der Waals surface area contributed by atoms with E-state index in [4.69, 9.17) is 4.74 Å². The Kier molecular flexibility index (Phi) is 4.81. The molecule has 2 aromatic rings. The van der Waals surface area contributed by atoms with Gasteiger partial charge in [-0.3, -0.25) is 9.78 Å². The van der Waals surface area contributed by atoms with Gasteiger partial charge in [-0.25, -0.2) is 0 Å². The highest BCUT2D eigenvalue weighted by molar-refractivity contribution is 5.93. The SMILES string of the molecule is O=C(c1cccnc1)N1CCOC(CCc2ccccc2)C1. The Morgan fingerprint density at radius 2 is 2.09 bits per heavy atom. The van der Waals surface area contributed by atoms with Crippen LogP contribution in [-0.2, 0) is 11.2 Å². The largest absolute Gasteiger partial charge is 0.375 e. The van der Waals surface area contributed by atoms with E-state index in [9.17, 15) is 4.79 Å². The van der Waals surface area contributed by atoms with E-state index in [1.165, 1.54) is 5.56 Å². The zero-order valence-corrected chi connectivity index (χ0v) is 12.5. The molecule has 0 bridgehead atoms. The monoisotopic (exact) mass is 296 g/mol. The number of rotatable bonds is 4. The van der Waals surface area contributed by atoms with Gasteiger partial charge >= 0.3 is 0 Å². The highest BCUT2D eigenvalue weighted by atomic mass is 16.5. The molecule has 4 nitrogen and oxygen atoms in total. The molecule has 22 heavy (non-hydrogen) atoms. The molecule has 1 aromatic carbocycles. The maximum atomic E-state index is 12.4. The van der Waals surface area contributed by atoms with Crippen LogP contribution < -0.4 is 0 Å². The molecule has 0 radical (unpaired) electrons. The first-order valence-electron chi connectivity index (χ1n) is 7.68. The lowest BCUT2D eigenvalue weighted by Crippen LogP contribution is -2.45. The summed E-state index contributed by atoms with van der Waals surface area (Å²) in [5, 5.41) is 0. The Labute approximate surface area is 130 Å². The quantitative estimate of drug-likeness (QED) is 0.871. The van der Waals surface area contributed by atoms with Gasteiger partial charge in [-0.05, 0) is 30.5 Å². The van der Waals surface area contributed by atoms with Crippen molar-refractivity contribution in [2.24, 2.45) is 0 Å². The first kappa shape index (κ1) is 14.7. The molecule has 114 valence electrons. The van der Waals surface area contributed by atoms with E-state index < -0.39 is 0 Å². The first-order valence-corrected chi connectivity index (χ1v) is 7.68. The minimum atomic E-state index is 0.0427. The molecule has 0 saturated carbocycles. The van der Waals surface area contributed by atoms with Crippen LogP contribution in [-0.4, -0.2) is 41.6 Å². The van der Waals surface area contributed by atoms with Gasteiger partial charge in [0.05, 0.1) is 18.3 Å². The molecule has 1 aromatic heterocycles. The molecule has 2 heterocycles. The Hall–Kier alpha value is -2.20. The van der Waals surface area contributed by atoms with E-state index in [-0.39, 0.29) is 12.0 Å². The van der Waals surface area contributed by atoms with Crippen LogP contribution in [0, 0.1) is 0 Å². The lowest BCUT2D eigenvalue weighted by atomic mass is 10.1. The zero-order valence-electron chi connectivity index (χ0n) is 12.5.